The lowest BCUT2D eigenvalue weighted by Gasteiger charge is -2.11. The standard InChI is InChI=1S/C23H15Cl2NO3/c24-17-9-5-15(6-10-17)14-28-21-4-2-1-3-19(21)20-13-22(27)29-23(26-20)16-7-11-18(25)12-8-16/h1-13H,14H2. The molecule has 0 aliphatic rings. The van der Waals surface area contributed by atoms with Gasteiger partial charge in [-0.2, -0.15) is 0 Å². The Morgan fingerprint density at radius 1 is 0.862 bits per heavy atom. The molecule has 144 valence electrons. The van der Waals surface area contributed by atoms with E-state index < -0.39 is 5.63 Å². The second-order valence-corrected chi connectivity index (χ2v) is 7.16. The van der Waals surface area contributed by atoms with Crippen molar-refractivity contribution in [1.29, 1.82) is 0 Å². The third-order valence-electron chi connectivity index (χ3n) is 4.24. The summed E-state index contributed by atoms with van der Waals surface area (Å²) >= 11 is 11.9. The first-order valence-corrected chi connectivity index (χ1v) is 9.59. The first kappa shape index (κ1) is 19.2. The Morgan fingerprint density at radius 3 is 2.24 bits per heavy atom. The lowest BCUT2D eigenvalue weighted by Crippen LogP contribution is -2.03. The Balaban J connectivity index is 1.67. The number of nitrogens with zero attached hydrogens (tertiary/aromatic N) is 1. The fourth-order valence-electron chi connectivity index (χ4n) is 2.80. The van der Waals surface area contributed by atoms with Gasteiger partial charge in [-0.3, -0.25) is 0 Å². The first-order valence-electron chi connectivity index (χ1n) is 8.83. The molecular formula is C23H15Cl2NO3. The van der Waals surface area contributed by atoms with E-state index in [4.69, 9.17) is 32.4 Å². The van der Waals surface area contributed by atoms with Crippen LogP contribution in [-0.2, 0) is 6.61 Å². The fraction of sp³-hybridized carbons (Fsp3) is 0.0435. The SMILES string of the molecule is O=c1cc(-c2ccccc2OCc2ccc(Cl)cc2)nc(-c2ccc(Cl)cc2)o1. The van der Waals surface area contributed by atoms with Crippen LogP contribution in [-0.4, -0.2) is 4.98 Å². The van der Waals surface area contributed by atoms with Crippen molar-refractivity contribution in [2.45, 2.75) is 6.61 Å². The Hall–Kier alpha value is -3.08. The predicted octanol–water partition coefficient (Wildman–Crippen LogP) is 6.25. The van der Waals surface area contributed by atoms with Gasteiger partial charge >= 0.3 is 5.63 Å². The van der Waals surface area contributed by atoms with Crippen LogP contribution in [0.3, 0.4) is 0 Å². The van der Waals surface area contributed by atoms with Crippen molar-refractivity contribution in [3.63, 3.8) is 0 Å². The number of aromatic nitrogens is 1. The molecule has 4 rings (SSSR count). The van der Waals surface area contributed by atoms with Gasteiger partial charge in [-0.05, 0) is 54.1 Å². The Bertz CT molecular complexity index is 1190. The van der Waals surface area contributed by atoms with Gasteiger partial charge in [0.15, 0.2) is 0 Å². The monoisotopic (exact) mass is 423 g/mol. The summed E-state index contributed by atoms with van der Waals surface area (Å²) < 4.78 is 11.3. The highest BCUT2D eigenvalue weighted by Gasteiger charge is 2.12. The van der Waals surface area contributed by atoms with E-state index in [0.29, 0.717) is 39.2 Å². The quantitative estimate of drug-likeness (QED) is 0.380. The van der Waals surface area contributed by atoms with Crippen molar-refractivity contribution < 1.29 is 9.15 Å². The summed E-state index contributed by atoms with van der Waals surface area (Å²) in [6.45, 7) is 0.361. The van der Waals surface area contributed by atoms with Crippen LogP contribution in [0.1, 0.15) is 5.56 Å². The van der Waals surface area contributed by atoms with Crippen molar-refractivity contribution in [1.82, 2.24) is 4.98 Å². The number of para-hydroxylation sites is 1. The van der Waals surface area contributed by atoms with Gasteiger partial charge in [0.25, 0.3) is 0 Å². The summed E-state index contributed by atoms with van der Waals surface area (Å²) in [6.07, 6.45) is 0. The highest BCUT2D eigenvalue weighted by molar-refractivity contribution is 6.30. The highest BCUT2D eigenvalue weighted by Crippen LogP contribution is 2.30. The Kier molecular flexibility index (Phi) is 5.65. The van der Waals surface area contributed by atoms with Crippen molar-refractivity contribution in [2.75, 3.05) is 0 Å². The van der Waals surface area contributed by atoms with Crippen molar-refractivity contribution >= 4 is 23.2 Å². The molecule has 0 saturated heterocycles. The molecule has 0 atom stereocenters. The fourth-order valence-corrected chi connectivity index (χ4v) is 3.05. The van der Waals surface area contributed by atoms with Crippen LogP contribution < -0.4 is 10.4 Å². The summed E-state index contributed by atoms with van der Waals surface area (Å²) in [5.41, 5.74) is 2.31. The maximum atomic E-state index is 12.2. The van der Waals surface area contributed by atoms with Crippen LogP contribution >= 0.6 is 23.2 Å². The molecule has 0 fully saturated rings. The number of benzene rings is 3. The molecule has 0 spiro atoms. The lowest BCUT2D eigenvalue weighted by atomic mass is 10.1. The average molecular weight is 424 g/mol. The molecule has 0 N–H and O–H groups in total. The molecule has 0 saturated carbocycles. The number of hydrogen-bond donors (Lipinski definition) is 0. The zero-order valence-electron chi connectivity index (χ0n) is 15.1. The number of rotatable bonds is 5. The van der Waals surface area contributed by atoms with E-state index in [9.17, 15) is 4.79 Å². The van der Waals surface area contributed by atoms with E-state index in [1.165, 1.54) is 6.07 Å². The molecule has 3 aromatic carbocycles. The van der Waals surface area contributed by atoms with E-state index >= 15 is 0 Å². The number of hydrogen-bond acceptors (Lipinski definition) is 4. The zero-order valence-corrected chi connectivity index (χ0v) is 16.7. The molecule has 0 unspecified atom stereocenters. The molecular weight excluding hydrogens is 409 g/mol. The molecule has 0 aliphatic heterocycles. The number of halogens is 2. The first-order chi connectivity index (χ1) is 14.1. The van der Waals surface area contributed by atoms with Crippen LogP contribution in [0.25, 0.3) is 22.7 Å². The molecule has 1 aromatic heterocycles. The van der Waals surface area contributed by atoms with Crippen molar-refractivity contribution in [3.8, 4) is 28.5 Å². The molecule has 0 amide bonds. The molecule has 29 heavy (non-hydrogen) atoms. The van der Waals surface area contributed by atoms with Gasteiger partial charge in [-0.25, -0.2) is 9.78 Å². The molecule has 0 radical (unpaired) electrons. The van der Waals surface area contributed by atoms with Crippen LogP contribution in [0.2, 0.25) is 10.0 Å². The maximum Gasteiger partial charge on any atom is 0.339 e. The van der Waals surface area contributed by atoms with Gasteiger partial charge in [0.1, 0.15) is 12.4 Å². The van der Waals surface area contributed by atoms with E-state index in [1.54, 1.807) is 24.3 Å². The Labute approximate surface area is 177 Å². The van der Waals surface area contributed by atoms with Crippen LogP contribution in [0.5, 0.6) is 5.75 Å². The summed E-state index contributed by atoms with van der Waals surface area (Å²) in [5, 5.41) is 1.26. The van der Waals surface area contributed by atoms with Crippen LogP contribution in [0.15, 0.2) is 88.1 Å². The van der Waals surface area contributed by atoms with Gasteiger partial charge in [0, 0.05) is 21.2 Å². The van der Waals surface area contributed by atoms with Crippen LogP contribution in [0, 0.1) is 0 Å². The van der Waals surface area contributed by atoms with Crippen molar-refractivity contribution in [2.24, 2.45) is 0 Å². The smallest absolute Gasteiger partial charge is 0.339 e. The minimum atomic E-state index is -0.493. The van der Waals surface area contributed by atoms with Gasteiger partial charge in [-0.1, -0.05) is 47.5 Å². The molecule has 4 nitrogen and oxygen atoms in total. The summed E-state index contributed by atoms with van der Waals surface area (Å²) in [7, 11) is 0. The van der Waals surface area contributed by atoms with Crippen molar-refractivity contribution in [3.05, 3.63) is 105 Å². The second-order valence-electron chi connectivity index (χ2n) is 6.29. The molecule has 0 bridgehead atoms. The van der Waals surface area contributed by atoms with Gasteiger partial charge in [0.05, 0.1) is 11.8 Å². The third-order valence-corrected chi connectivity index (χ3v) is 4.74. The predicted molar refractivity (Wildman–Crippen MR) is 114 cm³/mol. The molecule has 1 heterocycles. The third kappa shape index (κ3) is 4.67. The van der Waals surface area contributed by atoms with E-state index in [1.807, 2.05) is 48.5 Å². The van der Waals surface area contributed by atoms with E-state index in [-0.39, 0.29) is 5.89 Å². The van der Waals surface area contributed by atoms with Gasteiger partial charge < -0.3 is 9.15 Å². The normalized spacial score (nSPS) is 10.7. The minimum Gasteiger partial charge on any atom is -0.488 e. The molecule has 4 aromatic rings. The largest absolute Gasteiger partial charge is 0.488 e. The Morgan fingerprint density at radius 2 is 1.52 bits per heavy atom. The minimum absolute atomic E-state index is 0.219. The topological polar surface area (TPSA) is 52.3 Å². The summed E-state index contributed by atoms with van der Waals surface area (Å²) in [6, 6.07) is 23.1. The van der Waals surface area contributed by atoms with Gasteiger partial charge in [0.2, 0.25) is 5.89 Å². The lowest BCUT2D eigenvalue weighted by molar-refractivity contribution is 0.307. The van der Waals surface area contributed by atoms with E-state index in [2.05, 4.69) is 4.98 Å². The highest BCUT2D eigenvalue weighted by atomic mass is 35.5. The average Bonchev–Trinajstić information content (AvgIpc) is 2.74. The van der Waals surface area contributed by atoms with Crippen LogP contribution in [0.4, 0.5) is 0 Å². The maximum absolute atomic E-state index is 12.2. The second kappa shape index (κ2) is 8.52. The summed E-state index contributed by atoms with van der Waals surface area (Å²) in [5.74, 6) is 0.833. The summed E-state index contributed by atoms with van der Waals surface area (Å²) in [4.78, 5) is 16.7. The molecule has 0 aliphatic carbocycles. The number of ether oxygens (including phenoxy) is 1. The van der Waals surface area contributed by atoms with Gasteiger partial charge in [-0.15, -0.1) is 0 Å². The zero-order chi connectivity index (χ0) is 20.2. The van der Waals surface area contributed by atoms with E-state index in [0.717, 1.165) is 5.56 Å². The molecule has 6 heteroatoms.